The lowest BCUT2D eigenvalue weighted by atomic mass is 9.94. The summed E-state index contributed by atoms with van der Waals surface area (Å²) >= 11 is 0. The monoisotopic (exact) mass is 344 g/mol. The van der Waals surface area contributed by atoms with Crippen molar-refractivity contribution in [2.75, 3.05) is 12.5 Å². The minimum atomic E-state index is -2.28. The third kappa shape index (κ3) is 2.69. The average molecular weight is 344 g/mol. The van der Waals surface area contributed by atoms with Crippen molar-refractivity contribution in [3.05, 3.63) is 29.6 Å². The molecule has 1 N–H and O–H groups in total. The van der Waals surface area contributed by atoms with Crippen molar-refractivity contribution in [2.45, 2.75) is 38.5 Å². The van der Waals surface area contributed by atoms with E-state index in [2.05, 4.69) is 34.5 Å². The van der Waals surface area contributed by atoms with Gasteiger partial charge in [0.05, 0.1) is 11.7 Å². The number of H-pyrrole nitrogens is 1. The SMILES string of the molecule is CC(C)c1nc(N=S(C)(C)=O)c2cc3[nH]ncc3cc2c1C1CC1.[HH]. The Labute approximate surface area is 143 Å². The van der Waals surface area contributed by atoms with Crippen LogP contribution in [0.25, 0.3) is 21.7 Å². The van der Waals surface area contributed by atoms with Gasteiger partial charge in [-0.1, -0.05) is 13.8 Å². The minimum absolute atomic E-state index is 0. The average Bonchev–Trinajstić information content (AvgIpc) is 3.21. The van der Waals surface area contributed by atoms with E-state index in [4.69, 9.17) is 4.98 Å². The Balaban J connectivity index is 0.00000182. The lowest BCUT2D eigenvalue weighted by Crippen LogP contribution is -2.02. The van der Waals surface area contributed by atoms with Crippen LogP contribution >= 0.6 is 0 Å². The Morgan fingerprint density at radius 2 is 2.04 bits per heavy atom. The molecule has 0 amide bonds. The van der Waals surface area contributed by atoms with E-state index in [1.54, 1.807) is 12.5 Å². The van der Waals surface area contributed by atoms with E-state index < -0.39 is 9.73 Å². The molecule has 2 aromatic heterocycles. The van der Waals surface area contributed by atoms with E-state index in [1.165, 1.54) is 23.8 Å². The largest absolute Gasteiger partial charge is 0.278 e. The highest BCUT2D eigenvalue weighted by atomic mass is 32.2. The van der Waals surface area contributed by atoms with Crippen LogP contribution in [0.5, 0.6) is 0 Å². The highest BCUT2D eigenvalue weighted by Crippen LogP contribution is 2.48. The van der Waals surface area contributed by atoms with Gasteiger partial charge in [-0.2, -0.15) is 9.46 Å². The van der Waals surface area contributed by atoms with Crippen molar-refractivity contribution in [3.8, 4) is 0 Å². The molecule has 1 aliphatic rings. The molecule has 5 nitrogen and oxygen atoms in total. The second-order valence-electron chi connectivity index (χ2n) is 7.29. The fourth-order valence-electron chi connectivity index (χ4n) is 3.29. The van der Waals surface area contributed by atoms with Gasteiger partial charge in [0.1, 0.15) is 0 Å². The van der Waals surface area contributed by atoms with Crippen molar-refractivity contribution in [1.29, 1.82) is 0 Å². The molecule has 0 unspecified atom stereocenters. The molecule has 0 aliphatic heterocycles. The minimum Gasteiger partial charge on any atom is -0.278 e. The summed E-state index contributed by atoms with van der Waals surface area (Å²) in [5.74, 6) is 1.48. The number of pyridine rings is 1. The fourth-order valence-corrected chi connectivity index (χ4v) is 3.85. The van der Waals surface area contributed by atoms with E-state index in [0.29, 0.717) is 17.7 Å². The van der Waals surface area contributed by atoms with Gasteiger partial charge in [0.2, 0.25) is 0 Å². The van der Waals surface area contributed by atoms with Crippen molar-refractivity contribution in [1.82, 2.24) is 15.2 Å². The molecule has 1 saturated carbocycles. The predicted molar refractivity (Wildman–Crippen MR) is 102 cm³/mol. The van der Waals surface area contributed by atoms with Crippen molar-refractivity contribution >= 4 is 37.2 Å². The molecule has 0 saturated heterocycles. The summed E-state index contributed by atoms with van der Waals surface area (Å²) in [6.07, 6.45) is 7.59. The van der Waals surface area contributed by atoms with Gasteiger partial charge in [0, 0.05) is 40.1 Å². The first-order chi connectivity index (χ1) is 11.3. The number of fused-ring (bicyclic) bond motifs is 2. The molecule has 0 radical (unpaired) electrons. The van der Waals surface area contributed by atoms with Crippen LogP contribution in [0.4, 0.5) is 5.82 Å². The third-order valence-electron chi connectivity index (χ3n) is 4.45. The van der Waals surface area contributed by atoms with Gasteiger partial charge in [0.15, 0.2) is 5.82 Å². The van der Waals surface area contributed by atoms with Crippen LogP contribution in [0.1, 0.15) is 51.2 Å². The van der Waals surface area contributed by atoms with Gasteiger partial charge in [0.25, 0.3) is 0 Å². The van der Waals surface area contributed by atoms with Crippen LogP contribution in [0, 0.1) is 0 Å². The van der Waals surface area contributed by atoms with Crippen LogP contribution in [0.2, 0.25) is 0 Å². The number of nitrogens with one attached hydrogen (secondary N) is 1. The maximum Gasteiger partial charge on any atom is 0.169 e. The zero-order valence-corrected chi connectivity index (χ0v) is 15.3. The standard InChI is InChI=1S/C18H22N4OS.H2/c1-10(2)17-16(11-5-6-11)13-7-12-9-19-21-15(12)8-14(13)18(20-17)22-24(3,4)23;/h7-11H,5-6H2,1-4H3,(H,19,21);1H. The van der Waals surface area contributed by atoms with Crippen LogP contribution in [0.15, 0.2) is 22.7 Å². The number of benzene rings is 1. The number of hydrogen-bond acceptors (Lipinski definition) is 4. The van der Waals surface area contributed by atoms with Gasteiger partial charge in [-0.25, -0.2) is 9.19 Å². The van der Waals surface area contributed by atoms with Gasteiger partial charge >= 0.3 is 0 Å². The van der Waals surface area contributed by atoms with Crippen LogP contribution in [-0.4, -0.2) is 31.9 Å². The molecule has 24 heavy (non-hydrogen) atoms. The summed E-state index contributed by atoms with van der Waals surface area (Å²) in [6, 6.07) is 4.23. The molecule has 0 bridgehead atoms. The number of aromatic amines is 1. The first-order valence-electron chi connectivity index (χ1n) is 8.31. The normalized spacial score (nSPS) is 15.5. The van der Waals surface area contributed by atoms with Crippen LogP contribution < -0.4 is 0 Å². The second kappa shape index (κ2) is 5.28. The van der Waals surface area contributed by atoms with E-state index in [9.17, 15) is 4.21 Å². The Kier molecular flexibility index (Phi) is 3.42. The molecule has 0 atom stereocenters. The molecule has 1 fully saturated rings. The van der Waals surface area contributed by atoms with E-state index in [-0.39, 0.29) is 1.43 Å². The molecule has 1 aromatic carbocycles. The van der Waals surface area contributed by atoms with Crippen LogP contribution in [0.3, 0.4) is 0 Å². The number of nitrogens with zero attached hydrogens (tertiary/aromatic N) is 3. The zero-order chi connectivity index (χ0) is 17.1. The summed E-state index contributed by atoms with van der Waals surface area (Å²) in [5, 5.41) is 10.4. The summed E-state index contributed by atoms with van der Waals surface area (Å²) in [6.45, 7) is 4.32. The topological polar surface area (TPSA) is 71.0 Å². The first kappa shape index (κ1) is 15.6. The Hall–Kier alpha value is -1.95. The highest BCUT2D eigenvalue weighted by Gasteiger charge is 2.30. The molecule has 6 heteroatoms. The lowest BCUT2D eigenvalue weighted by Gasteiger charge is -2.16. The first-order valence-corrected chi connectivity index (χ1v) is 10.6. The maximum absolute atomic E-state index is 12.3. The molecular weight excluding hydrogens is 320 g/mol. The molecule has 0 spiro atoms. The smallest absolute Gasteiger partial charge is 0.169 e. The van der Waals surface area contributed by atoms with E-state index in [0.717, 1.165) is 22.0 Å². The van der Waals surface area contributed by atoms with Gasteiger partial charge < -0.3 is 0 Å². The third-order valence-corrected chi connectivity index (χ3v) is 5.06. The number of rotatable bonds is 3. The summed E-state index contributed by atoms with van der Waals surface area (Å²) < 4.78 is 16.8. The molecule has 4 rings (SSSR count). The van der Waals surface area contributed by atoms with Gasteiger partial charge in [-0.3, -0.25) is 5.10 Å². The van der Waals surface area contributed by atoms with Crippen molar-refractivity contribution in [2.24, 2.45) is 4.36 Å². The number of aromatic nitrogens is 3. The van der Waals surface area contributed by atoms with Gasteiger partial charge in [-0.15, -0.1) is 0 Å². The molecule has 2 heterocycles. The van der Waals surface area contributed by atoms with E-state index in [1.807, 2.05) is 12.3 Å². The summed E-state index contributed by atoms with van der Waals surface area (Å²) in [7, 11) is -2.28. The molecule has 1 aliphatic carbocycles. The van der Waals surface area contributed by atoms with Crippen molar-refractivity contribution < 1.29 is 5.64 Å². The zero-order valence-electron chi connectivity index (χ0n) is 14.5. The highest BCUT2D eigenvalue weighted by molar-refractivity contribution is 7.92. The Morgan fingerprint density at radius 1 is 1.29 bits per heavy atom. The molecular formula is C18H24N4OS. The maximum atomic E-state index is 12.3. The van der Waals surface area contributed by atoms with Gasteiger partial charge in [-0.05, 0) is 47.8 Å². The van der Waals surface area contributed by atoms with Crippen LogP contribution in [-0.2, 0) is 9.73 Å². The lowest BCUT2D eigenvalue weighted by molar-refractivity contribution is 0.684. The van der Waals surface area contributed by atoms with E-state index >= 15 is 0 Å². The number of hydrogen-bond donors (Lipinski definition) is 1. The quantitative estimate of drug-likeness (QED) is 0.747. The summed E-state index contributed by atoms with van der Waals surface area (Å²) in [5.41, 5.74) is 3.40. The molecule has 128 valence electrons. The molecule has 3 aromatic rings. The predicted octanol–water partition coefficient (Wildman–Crippen LogP) is 4.72. The second-order valence-corrected chi connectivity index (χ2v) is 9.84. The Morgan fingerprint density at radius 3 is 2.67 bits per heavy atom. The fraction of sp³-hybridized carbons (Fsp3) is 0.444. The Bertz CT molecular complexity index is 1070. The van der Waals surface area contributed by atoms with Crippen molar-refractivity contribution in [3.63, 3.8) is 0 Å². The summed E-state index contributed by atoms with van der Waals surface area (Å²) in [4.78, 5) is 4.86.